The normalized spacial score (nSPS) is 11.9. The van der Waals surface area contributed by atoms with Gasteiger partial charge >= 0.3 is 0 Å². The van der Waals surface area contributed by atoms with Crippen LogP contribution >= 0.6 is 0 Å². The smallest absolute Gasteiger partial charge is 0.254 e. The third-order valence-electron chi connectivity index (χ3n) is 3.13. The standard InChI is InChI=1S/C16H16FNO2/c1-11-6-5-9-13(15(11)17)16(20)18-14(10-19)12-7-3-2-4-8-12/h2-9,14,19H,10H2,1H3,(H,18,20)/t14-/m1/s1. The van der Waals surface area contributed by atoms with Gasteiger partial charge in [0.05, 0.1) is 18.2 Å². The van der Waals surface area contributed by atoms with Gasteiger partial charge in [-0.05, 0) is 24.1 Å². The Labute approximate surface area is 117 Å². The highest BCUT2D eigenvalue weighted by Gasteiger charge is 2.18. The molecule has 2 aromatic rings. The summed E-state index contributed by atoms with van der Waals surface area (Å²) in [5.41, 5.74) is 1.17. The summed E-state index contributed by atoms with van der Waals surface area (Å²) < 4.78 is 13.9. The van der Waals surface area contributed by atoms with E-state index in [0.29, 0.717) is 5.56 Å². The van der Waals surface area contributed by atoms with Gasteiger partial charge in [-0.3, -0.25) is 4.79 Å². The largest absolute Gasteiger partial charge is 0.394 e. The van der Waals surface area contributed by atoms with Crippen LogP contribution in [0.15, 0.2) is 48.5 Å². The van der Waals surface area contributed by atoms with Crippen LogP contribution in [-0.4, -0.2) is 17.6 Å². The van der Waals surface area contributed by atoms with E-state index < -0.39 is 17.8 Å². The van der Waals surface area contributed by atoms with Crippen molar-refractivity contribution < 1.29 is 14.3 Å². The van der Waals surface area contributed by atoms with Crippen molar-refractivity contribution in [3.8, 4) is 0 Å². The Morgan fingerprint density at radius 2 is 1.90 bits per heavy atom. The lowest BCUT2D eigenvalue weighted by Crippen LogP contribution is -2.31. The summed E-state index contributed by atoms with van der Waals surface area (Å²) in [5.74, 6) is -1.07. The highest BCUT2D eigenvalue weighted by molar-refractivity contribution is 5.94. The van der Waals surface area contributed by atoms with Crippen molar-refractivity contribution in [1.29, 1.82) is 0 Å². The van der Waals surface area contributed by atoms with Gasteiger partial charge in [0.25, 0.3) is 5.91 Å². The molecule has 0 spiro atoms. The summed E-state index contributed by atoms with van der Waals surface area (Å²) in [4.78, 5) is 12.1. The fraction of sp³-hybridized carbons (Fsp3) is 0.188. The van der Waals surface area contributed by atoms with E-state index in [4.69, 9.17) is 0 Å². The zero-order valence-corrected chi connectivity index (χ0v) is 11.1. The number of nitrogens with one attached hydrogen (secondary N) is 1. The number of carbonyl (C=O) groups excluding carboxylic acids is 1. The molecule has 0 saturated heterocycles. The maximum absolute atomic E-state index is 13.9. The molecule has 1 amide bonds. The topological polar surface area (TPSA) is 49.3 Å². The molecule has 0 saturated carbocycles. The lowest BCUT2D eigenvalue weighted by atomic mass is 10.1. The number of hydrogen-bond acceptors (Lipinski definition) is 2. The number of halogens is 1. The van der Waals surface area contributed by atoms with Gasteiger partial charge < -0.3 is 10.4 Å². The average molecular weight is 273 g/mol. The third kappa shape index (κ3) is 3.03. The molecule has 104 valence electrons. The summed E-state index contributed by atoms with van der Waals surface area (Å²) >= 11 is 0. The van der Waals surface area contributed by atoms with Crippen LogP contribution in [0.25, 0.3) is 0 Å². The molecule has 0 bridgehead atoms. The van der Waals surface area contributed by atoms with E-state index in [9.17, 15) is 14.3 Å². The lowest BCUT2D eigenvalue weighted by Gasteiger charge is -2.17. The van der Waals surface area contributed by atoms with Crippen LogP contribution in [-0.2, 0) is 0 Å². The summed E-state index contributed by atoms with van der Waals surface area (Å²) in [5, 5.41) is 12.0. The van der Waals surface area contributed by atoms with Crippen LogP contribution in [0.4, 0.5) is 4.39 Å². The van der Waals surface area contributed by atoms with E-state index in [1.165, 1.54) is 6.07 Å². The first-order valence-corrected chi connectivity index (χ1v) is 6.35. The molecule has 2 aromatic carbocycles. The summed E-state index contributed by atoms with van der Waals surface area (Å²) in [6.07, 6.45) is 0. The minimum absolute atomic E-state index is 0.0145. The molecule has 0 unspecified atom stereocenters. The van der Waals surface area contributed by atoms with Gasteiger partial charge in [0.2, 0.25) is 0 Å². The average Bonchev–Trinajstić information content (AvgIpc) is 2.48. The van der Waals surface area contributed by atoms with Crippen molar-refractivity contribution in [2.45, 2.75) is 13.0 Å². The van der Waals surface area contributed by atoms with Gasteiger partial charge in [0.15, 0.2) is 0 Å². The number of aryl methyl sites for hydroxylation is 1. The molecular formula is C16H16FNO2. The van der Waals surface area contributed by atoms with Gasteiger partial charge in [0.1, 0.15) is 5.82 Å². The van der Waals surface area contributed by atoms with E-state index in [0.717, 1.165) is 5.56 Å². The molecule has 2 rings (SSSR count). The second kappa shape index (κ2) is 6.30. The zero-order chi connectivity index (χ0) is 14.5. The molecule has 0 aromatic heterocycles. The molecule has 0 fully saturated rings. The molecular weight excluding hydrogens is 257 g/mol. The second-order valence-corrected chi connectivity index (χ2v) is 4.56. The molecule has 0 aliphatic heterocycles. The Kier molecular flexibility index (Phi) is 4.48. The second-order valence-electron chi connectivity index (χ2n) is 4.56. The van der Waals surface area contributed by atoms with Crippen molar-refractivity contribution in [3.05, 3.63) is 71.0 Å². The number of aliphatic hydroxyl groups excluding tert-OH is 1. The molecule has 0 aliphatic rings. The maximum Gasteiger partial charge on any atom is 0.254 e. The van der Waals surface area contributed by atoms with Gasteiger partial charge in [-0.15, -0.1) is 0 Å². The predicted molar refractivity (Wildman–Crippen MR) is 74.9 cm³/mol. The highest BCUT2D eigenvalue weighted by Crippen LogP contribution is 2.15. The van der Waals surface area contributed by atoms with E-state index in [-0.39, 0.29) is 12.2 Å². The molecule has 4 heteroatoms. The van der Waals surface area contributed by atoms with Crippen LogP contribution in [0.1, 0.15) is 27.5 Å². The van der Waals surface area contributed by atoms with Crippen molar-refractivity contribution in [1.82, 2.24) is 5.32 Å². The van der Waals surface area contributed by atoms with E-state index in [1.807, 2.05) is 18.2 Å². The van der Waals surface area contributed by atoms with Crippen LogP contribution in [0.3, 0.4) is 0 Å². The lowest BCUT2D eigenvalue weighted by molar-refractivity contribution is 0.0912. The number of rotatable bonds is 4. The summed E-state index contributed by atoms with van der Waals surface area (Å²) in [6, 6.07) is 13.2. The van der Waals surface area contributed by atoms with Gasteiger partial charge in [-0.2, -0.15) is 0 Å². The Morgan fingerprint density at radius 1 is 1.20 bits per heavy atom. The fourth-order valence-corrected chi connectivity index (χ4v) is 1.98. The maximum atomic E-state index is 13.9. The van der Waals surface area contributed by atoms with E-state index in [2.05, 4.69) is 5.32 Å². The Bertz CT molecular complexity index is 599. The first kappa shape index (κ1) is 14.2. The first-order valence-electron chi connectivity index (χ1n) is 6.35. The van der Waals surface area contributed by atoms with Crippen molar-refractivity contribution in [3.63, 3.8) is 0 Å². The minimum Gasteiger partial charge on any atom is -0.394 e. The molecule has 1 atom stereocenters. The summed E-state index contributed by atoms with van der Waals surface area (Å²) in [7, 11) is 0. The minimum atomic E-state index is -0.552. The van der Waals surface area contributed by atoms with E-state index in [1.54, 1.807) is 31.2 Å². The van der Waals surface area contributed by atoms with Gasteiger partial charge in [0, 0.05) is 0 Å². The van der Waals surface area contributed by atoms with Crippen LogP contribution < -0.4 is 5.32 Å². The highest BCUT2D eigenvalue weighted by atomic mass is 19.1. The molecule has 2 N–H and O–H groups in total. The fourth-order valence-electron chi connectivity index (χ4n) is 1.98. The number of carbonyl (C=O) groups is 1. The SMILES string of the molecule is Cc1cccc(C(=O)N[C@H](CO)c2ccccc2)c1F. The number of aliphatic hydroxyl groups is 1. The monoisotopic (exact) mass is 273 g/mol. The molecule has 20 heavy (non-hydrogen) atoms. The first-order chi connectivity index (χ1) is 9.63. The molecule has 0 aliphatic carbocycles. The Hall–Kier alpha value is -2.20. The number of amides is 1. The Morgan fingerprint density at radius 3 is 2.55 bits per heavy atom. The van der Waals surface area contributed by atoms with Gasteiger partial charge in [-0.25, -0.2) is 4.39 Å². The Balaban J connectivity index is 2.20. The van der Waals surface area contributed by atoms with Crippen molar-refractivity contribution >= 4 is 5.91 Å². The van der Waals surface area contributed by atoms with Crippen LogP contribution in [0, 0.1) is 12.7 Å². The van der Waals surface area contributed by atoms with Crippen molar-refractivity contribution in [2.24, 2.45) is 0 Å². The number of benzene rings is 2. The van der Waals surface area contributed by atoms with Crippen molar-refractivity contribution in [2.75, 3.05) is 6.61 Å². The van der Waals surface area contributed by atoms with E-state index >= 15 is 0 Å². The third-order valence-corrected chi connectivity index (χ3v) is 3.13. The summed E-state index contributed by atoms with van der Waals surface area (Å²) in [6.45, 7) is 1.36. The van der Waals surface area contributed by atoms with Gasteiger partial charge in [-0.1, -0.05) is 42.5 Å². The molecule has 3 nitrogen and oxygen atoms in total. The number of hydrogen-bond donors (Lipinski definition) is 2. The van der Waals surface area contributed by atoms with Crippen LogP contribution in [0.5, 0.6) is 0 Å². The quantitative estimate of drug-likeness (QED) is 0.899. The predicted octanol–water partition coefficient (Wildman–Crippen LogP) is 2.60. The molecule has 0 radical (unpaired) electrons. The zero-order valence-electron chi connectivity index (χ0n) is 11.1. The van der Waals surface area contributed by atoms with Crippen LogP contribution in [0.2, 0.25) is 0 Å². The molecule has 0 heterocycles.